The Morgan fingerprint density at radius 2 is 2.11 bits per heavy atom. The molecule has 0 saturated carbocycles. The van der Waals surface area contributed by atoms with Crippen LogP contribution < -0.4 is 15.0 Å². The summed E-state index contributed by atoms with van der Waals surface area (Å²) in [6, 6.07) is 7.32. The molecule has 0 spiro atoms. The zero-order valence-corrected chi connectivity index (χ0v) is 16.5. The molecule has 144 valence electrons. The molecule has 3 aromatic rings. The molecule has 3 rings (SSSR count). The molecule has 0 aliphatic heterocycles. The third-order valence-corrected chi connectivity index (χ3v) is 4.65. The van der Waals surface area contributed by atoms with Crippen LogP contribution in [0.2, 0.25) is 5.02 Å². The Bertz CT molecular complexity index is 922. The molecular weight excluding hydrogens is 366 g/mol. The highest BCUT2D eigenvalue weighted by Crippen LogP contribution is 2.33. The van der Waals surface area contributed by atoms with Gasteiger partial charge in [-0.1, -0.05) is 18.5 Å². The fourth-order valence-corrected chi connectivity index (χ4v) is 3.28. The van der Waals surface area contributed by atoms with Crippen LogP contribution in [0.1, 0.15) is 18.9 Å². The van der Waals surface area contributed by atoms with E-state index in [1.165, 1.54) is 0 Å². The highest BCUT2D eigenvalue weighted by molar-refractivity contribution is 6.33. The van der Waals surface area contributed by atoms with Crippen LogP contribution in [-0.4, -0.2) is 46.5 Å². The van der Waals surface area contributed by atoms with Gasteiger partial charge in [0.1, 0.15) is 17.4 Å². The predicted octanol–water partition coefficient (Wildman–Crippen LogP) is 3.65. The normalized spacial score (nSPS) is 11.0. The third kappa shape index (κ3) is 3.94. The molecular formula is C19H24ClN5O2. The van der Waals surface area contributed by atoms with Crippen molar-refractivity contribution in [3.63, 3.8) is 0 Å². The molecule has 2 N–H and O–H groups in total. The van der Waals surface area contributed by atoms with E-state index < -0.39 is 0 Å². The average molecular weight is 390 g/mol. The van der Waals surface area contributed by atoms with Crippen molar-refractivity contribution in [2.24, 2.45) is 0 Å². The van der Waals surface area contributed by atoms with Gasteiger partial charge in [-0.15, -0.1) is 0 Å². The van der Waals surface area contributed by atoms with Crippen molar-refractivity contribution in [1.82, 2.24) is 14.6 Å². The van der Waals surface area contributed by atoms with Gasteiger partial charge in [-0.2, -0.15) is 9.61 Å². The first kappa shape index (κ1) is 19.3. The number of aliphatic hydroxyl groups excluding tert-OH is 1. The van der Waals surface area contributed by atoms with Crippen molar-refractivity contribution in [2.45, 2.75) is 20.3 Å². The lowest BCUT2D eigenvalue weighted by molar-refractivity contribution is 0.301. The summed E-state index contributed by atoms with van der Waals surface area (Å²) in [5.41, 5.74) is 2.40. The molecule has 0 unspecified atom stereocenters. The summed E-state index contributed by atoms with van der Waals surface area (Å²) in [6.45, 7) is 5.50. The van der Waals surface area contributed by atoms with Gasteiger partial charge in [-0.25, -0.2) is 4.98 Å². The Kier molecular flexibility index (Phi) is 6.03. The smallest absolute Gasteiger partial charge is 0.159 e. The van der Waals surface area contributed by atoms with E-state index in [2.05, 4.69) is 27.2 Å². The van der Waals surface area contributed by atoms with Gasteiger partial charge in [-0.3, -0.25) is 0 Å². The monoisotopic (exact) mass is 389 g/mol. The molecule has 0 aliphatic carbocycles. The number of methoxy groups -OCH3 is 1. The number of rotatable bonds is 8. The van der Waals surface area contributed by atoms with Crippen LogP contribution in [0.15, 0.2) is 30.5 Å². The van der Waals surface area contributed by atoms with E-state index in [4.69, 9.17) is 16.3 Å². The number of hydrogen-bond acceptors (Lipinski definition) is 6. The zero-order chi connectivity index (χ0) is 19.4. The first-order chi connectivity index (χ1) is 13.1. The van der Waals surface area contributed by atoms with E-state index in [9.17, 15) is 5.11 Å². The second-order valence-electron chi connectivity index (χ2n) is 6.19. The van der Waals surface area contributed by atoms with Crippen LogP contribution in [0.25, 0.3) is 5.65 Å². The minimum Gasteiger partial charge on any atom is -0.497 e. The van der Waals surface area contributed by atoms with E-state index in [0.717, 1.165) is 35.7 Å². The van der Waals surface area contributed by atoms with Crippen LogP contribution in [-0.2, 0) is 0 Å². The molecule has 0 saturated heterocycles. The highest BCUT2D eigenvalue weighted by Gasteiger charge is 2.18. The number of aromatic nitrogens is 3. The Morgan fingerprint density at radius 3 is 2.78 bits per heavy atom. The number of nitrogens with zero attached hydrogens (tertiary/aromatic N) is 4. The second-order valence-corrected chi connectivity index (χ2v) is 6.60. The largest absolute Gasteiger partial charge is 0.497 e. The first-order valence-corrected chi connectivity index (χ1v) is 9.27. The van der Waals surface area contributed by atoms with Gasteiger partial charge in [0.25, 0.3) is 0 Å². The summed E-state index contributed by atoms with van der Waals surface area (Å²) in [5, 5.41) is 17.8. The Labute approximate surface area is 163 Å². The molecule has 1 aromatic carbocycles. The maximum absolute atomic E-state index is 9.50. The lowest BCUT2D eigenvalue weighted by Gasteiger charge is -2.26. The summed E-state index contributed by atoms with van der Waals surface area (Å²) < 4.78 is 7.01. The number of nitrogens with one attached hydrogen (secondary N) is 1. The summed E-state index contributed by atoms with van der Waals surface area (Å²) in [6.07, 6.45) is 2.68. The average Bonchev–Trinajstić information content (AvgIpc) is 3.11. The number of hydrogen-bond donors (Lipinski definition) is 2. The molecule has 0 atom stereocenters. The van der Waals surface area contributed by atoms with Gasteiger partial charge in [0.05, 0.1) is 30.6 Å². The van der Waals surface area contributed by atoms with Crippen LogP contribution in [0.3, 0.4) is 0 Å². The number of halogens is 1. The lowest BCUT2D eigenvalue weighted by atomic mass is 10.2. The maximum Gasteiger partial charge on any atom is 0.159 e. The Balaban J connectivity index is 2.07. The van der Waals surface area contributed by atoms with Gasteiger partial charge in [-0.05, 0) is 25.5 Å². The standard InChI is InChI=1S/C19H24ClN5O2/c1-4-9-24(10-11-26)19-13(2)18(23-17-7-8-21-25(17)19)22-16-6-5-14(27-3)12-15(16)20/h5-8,12,26H,4,9-11H2,1-3H3,(H,22,23). The summed E-state index contributed by atoms with van der Waals surface area (Å²) in [5.74, 6) is 2.30. The van der Waals surface area contributed by atoms with Crippen molar-refractivity contribution < 1.29 is 9.84 Å². The molecule has 0 radical (unpaired) electrons. The van der Waals surface area contributed by atoms with Crippen molar-refractivity contribution in [2.75, 3.05) is 37.0 Å². The van der Waals surface area contributed by atoms with Crippen molar-refractivity contribution >= 4 is 34.6 Å². The third-order valence-electron chi connectivity index (χ3n) is 4.33. The van der Waals surface area contributed by atoms with Gasteiger partial charge in [0.15, 0.2) is 5.65 Å². The molecule has 27 heavy (non-hydrogen) atoms. The first-order valence-electron chi connectivity index (χ1n) is 8.89. The van der Waals surface area contributed by atoms with Crippen molar-refractivity contribution in [3.05, 3.63) is 41.0 Å². The van der Waals surface area contributed by atoms with Gasteiger partial charge < -0.3 is 20.1 Å². The molecule has 0 aliphatic rings. The number of anilines is 3. The van der Waals surface area contributed by atoms with Crippen molar-refractivity contribution in [3.8, 4) is 5.75 Å². The SMILES string of the molecule is CCCN(CCO)c1c(C)c(Nc2ccc(OC)cc2Cl)nc2ccnn12. The summed E-state index contributed by atoms with van der Waals surface area (Å²) in [4.78, 5) is 6.81. The fourth-order valence-electron chi connectivity index (χ4n) is 3.07. The van der Waals surface area contributed by atoms with E-state index in [-0.39, 0.29) is 6.61 Å². The minimum absolute atomic E-state index is 0.0671. The van der Waals surface area contributed by atoms with E-state index in [1.54, 1.807) is 19.4 Å². The van der Waals surface area contributed by atoms with Crippen molar-refractivity contribution in [1.29, 1.82) is 0 Å². The second kappa shape index (κ2) is 8.45. The van der Waals surface area contributed by atoms with Gasteiger partial charge >= 0.3 is 0 Å². The van der Waals surface area contributed by atoms with Crippen LogP contribution in [0.5, 0.6) is 5.75 Å². The molecule has 2 aromatic heterocycles. The quantitative estimate of drug-likeness (QED) is 0.612. The number of aliphatic hydroxyl groups is 1. The molecule has 7 nitrogen and oxygen atoms in total. The lowest BCUT2D eigenvalue weighted by Crippen LogP contribution is -2.30. The fraction of sp³-hybridized carbons (Fsp3) is 0.368. The van der Waals surface area contributed by atoms with Gasteiger partial charge in [0, 0.05) is 30.8 Å². The van der Waals surface area contributed by atoms with Gasteiger partial charge in [0.2, 0.25) is 0 Å². The van der Waals surface area contributed by atoms with E-state index in [0.29, 0.717) is 23.1 Å². The van der Waals surface area contributed by atoms with Crippen LogP contribution >= 0.6 is 11.6 Å². The van der Waals surface area contributed by atoms with Crippen LogP contribution in [0.4, 0.5) is 17.3 Å². The summed E-state index contributed by atoms with van der Waals surface area (Å²) >= 11 is 6.38. The maximum atomic E-state index is 9.50. The molecule has 2 heterocycles. The molecule has 0 amide bonds. The van der Waals surface area contributed by atoms with E-state index in [1.807, 2.05) is 29.6 Å². The van der Waals surface area contributed by atoms with Crippen LogP contribution in [0, 0.1) is 6.92 Å². The number of fused-ring (bicyclic) bond motifs is 1. The molecule has 8 heteroatoms. The Hall–Kier alpha value is -2.51. The highest BCUT2D eigenvalue weighted by atomic mass is 35.5. The van der Waals surface area contributed by atoms with E-state index >= 15 is 0 Å². The minimum atomic E-state index is 0.0671. The zero-order valence-electron chi connectivity index (χ0n) is 15.7. The predicted molar refractivity (Wildman–Crippen MR) is 109 cm³/mol. The number of ether oxygens (including phenoxy) is 1. The molecule has 0 fully saturated rings. The topological polar surface area (TPSA) is 74.9 Å². The molecule has 0 bridgehead atoms. The summed E-state index contributed by atoms with van der Waals surface area (Å²) in [7, 11) is 1.60. The number of benzene rings is 1. The Morgan fingerprint density at radius 1 is 1.30 bits per heavy atom.